The molecule has 138 valence electrons. The lowest BCUT2D eigenvalue weighted by atomic mass is 10.3. The van der Waals surface area contributed by atoms with Gasteiger partial charge in [0.25, 0.3) is 5.89 Å². The molecule has 0 spiro atoms. The molecule has 0 unspecified atom stereocenters. The normalized spacial score (nSPS) is 11.1. The number of hydrogen-bond acceptors (Lipinski definition) is 8. The van der Waals surface area contributed by atoms with Crippen LogP contribution >= 0.6 is 34.4 Å². The maximum absolute atomic E-state index is 12.2. The fourth-order valence-electron chi connectivity index (χ4n) is 2.45. The van der Waals surface area contributed by atoms with Crippen molar-refractivity contribution in [2.24, 2.45) is 0 Å². The van der Waals surface area contributed by atoms with Crippen LogP contribution in [0.2, 0.25) is 0 Å². The van der Waals surface area contributed by atoms with Crippen LogP contribution in [0.25, 0.3) is 21.0 Å². The van der Waals surface area contributed by atoms with Gasteiger partial charge in [0, 0.05) is 12.1 Å². The van der Waals surface area contributed by atoms with Gasteiger partial charge >= 0.3 is 5.76 Å². The van der Waals surface area contributed by atoms with Crippen LogP contribution in [0.3, 0.4) is 0 Å². The topological polar surface area (TPSA) is 90.0 Å². The molecule has 0 aliphatic heterocycles. The summed E-state index contributed by atoms with van der Waals surface area (Å²) in [6.07, 6.45) is 2.10. The standard InChI is InChI=1S/C17H14N4O3S3/c1-25-16-19-11-5-4-10(9-13(11)27-16)18-14(22)6-7-21-17(23)24-15(20-21)12-3-2-8-26-12/h2-5,8-9H,6-7H2,1H3,(H,18,22). The first-order valence-electron chi connectivity index (χ1n) is 7.98. The molecule has 1 aromatic carbocycles. The summed E-state index contributed by atoms with van der Waals surface area (Å²) >= 11 is 4.62. The third-order valence-electron chi connectivity index (χ3n) is 3.72. The highest BCUT2D eigenvalue weighted by molar-refractivity contribution is 8.00. The van der Waals surface area contributed by atoms with Crippen LogP contribution in [0.4, 0.5) is 5.69 Å². The third kappa shape index (κ3) is 3.97. The molecule has 1 N–H and O–H groups in total. The Morgan fingerprint density at radius 1 is 1.37 bits per heavy atom. The zero-order valence-electron chi connectivity index (χ0n) is 14.2. The molecule has 0 saturated carbocycles. The lowest BCUT2D eigenvalue weighted by Gasteiger charge is -2.04. The van der Waals surface area contributed by atoms with Gasteiger partial charge < -0.3 is 9.73 Å². The van der Waals surface area contributed by atoms with Crippen molar-refractivity contribution in [2.45, 2.75) is 17.3 Å². The number of benzene rings is 1. The summed E-state index contributed by atoms with van der Waals surface area (Å²) in [5.41, 5.74) is 1.62. The van der Waals surface area contributed by atoms with Crippen molar-refractivity contribution in [2.75, 3.05) is 11.6 Å². The molecule has 4 rings (SSSR count). The van der Waals surface area contributed by atoms with Crippen molar-refractivity contribution < 1.29 is 9.21 Å². The summed E-state index contributed by atoms with van der Waals surface area (Å²) in [4.78, 5) is 29.4. The zero-order valence-corrected chi connectivity index (χ0v) is 16.6. The number of anilines is 1. The lowest BCUT2D eigenvalue weighted by Crippen LogP contribution is -2.20. The molecule has 10 heteroatoms. The number of nitrogens with zero attached hydrogens (tertiary/aromatic N) is 3. The number of aromatic nitrogens is 3. The Balaban J connectivity index is 1.40. The molecular weight excluding hydrogens is 404 g/mol. The molecule has 0 radical (unpaired) electrons. The number of thiazole rings is 1. The number of thioether (sulfide) groups is 1. The van der Waals surface area contributed by atoms with Gasteiger partial charge in [-0.2, -0.15) is 4.68 Å². The first-order chi connectivity index (χ1) is 13.1. The Labute approximate surface area is 166 Å². The SMILES string of the molecule is CSc1nc2ccc(NC(=O)CCn3nc(-c4cccs4)oc3=O)cc2s1. The third-order valence-corrected chi connectivity index (χ3v) is 6.58. The van der Waals surface area contributed by atoms with Gasteiger partial charge in [0.05, 0.1) is 21.6 Å². The molecule has 0 aliphatic rings. The summed E-state index contributed by atoms with van der Waals surface area (Å²) in [6.45, 7) is 0.152. The van der Waals surface area contributed by atoms with Gasteiger partial charge in [0.15, 0.2) is 4.34 Å². The van der Waals surface area contributed by atoms with Gasteiger partial charge in [-0.25, -0.2) is 9.78 Å². The van der Waals surface area contributed by atoms with Crippen LogP contribution in [0.15, 0.2) is 49.3 Å². The van der Waals surface area contributed by atoms with Crippen molar-refractivity contribution in [1.29, 1.82) is 0 Å². The van der Waals surface area contributed by atoms with Crippen LogP contribution in [0.1, 0.15) is 6.42 Å². The highest BCUT2D eigenvalue weighted by atomic mass is 32.2. The number of rotatable bonds is 6. The highest BCUT2D eigenvalue weighted by Gasteiger charge is 2.13. The van der Waals surface area contributed by atoms with E-state index in [9.17, 15) is 9.59 Å². The Morgan fingerprint density at radius 3 is 3.04 bits per heavy atom. The second-order valence-corrected chi connectivity index (χ2v) is 8.57. The fraction of sp³-hybridized carbons (Fsp3) is 0.176. The van der Waals surface area contributed by atoms with E-state index in [2.05, 4.69) is 15.4 Å². The van der Waals surface area contributed by atoms with Crippen LogP contribution in [-0.4, -0.2) is 26.9 Å². The first kappa shape index (κ1) is 18.0. The van der Waals surface area contributed by atoms with Gasteiger partial charge in [-0.1, -0.05) is 17.8 Å². The number of carbonyl (C=O) groups is 1. The van der Waals surface area contributed by atoms with Crippen molar-refractivity contribution in [1.82, 2.24) is 14.8 Å². The molecule has 4 aromatic rings. The van der Waals surface area contributed by atoms with Gasteiger partial charge in [-0.05, 0) is 35.9 Å². The molecule has 0 bridgehead atoms. The quantitative estimate of drug-likeness (QED) is 0.477. The average Bonchev–Trinajstić information content (AvgIpc) is 3.39. The molecule has 7 nitrogen and oxygen atoms in total. The minimum Gasteiger partial charge on any atom is -0.387 e. The van der Waals surface area contributed by atoms with E-state index in [1.807, 2.05) is 42.0 Å². The average molecular weight is 419 g/mol. The Bertz CT molecular complexity index is 1140. The molecule has 0 fully saturated rings. The Kier molecular flexibility index (Phi) is 5.10. The second kappa shape index (κ2) is 7.67. The number of nitrogens with one attached hydrogen (secondary N) is 1. The van der Waals surface area contributed by atoms with E-state index in [4.69, 9.17) is 4.42 Å². The van der Waals surface area contributed by atoms with E-state index in [-0.39, 0.29) is 24.8 Å². The smallest absolute Gasteiger partial charge is 0.387 e. The van der Waals surface area contributed by atoms with Crippen molar-refractivity contribution >= 4 is 56.2 Å². The van der Waals surface area contributed by atoms with E-state index in [0.29, 0.717) is 5.69 Å². The molecule has 0 saturated heterocycles. The molecule has 3 aromatic heterocycles. The van der Waals surface area contributed by atoms with Crippen molar-refractivity contribution in [3.05, 3.63) is 46.3 Å². The van der Waals surface area contributed by atoms with Crippen LogP contribution in [0, 0.1) is 0 Å². The number of fused-ring (bicyclic) bond motifs is 1. The number of amides is 1. The Morgan fingerprint density at radius 2 is 2.26 bits per heavy atom. The molecule has 3 heterocycles. The first-order valence-corrected chi connectivity index (χ1v) is 10.9. The second-order valence-electron chi connectivity index (χ2n) is 5.54. The van der Waals surface area contributed by atoms with Crippen molar-refractivity contribution in [3.63, 3.8) is 0 Å². The summed E-state index contributed by atoms with van der Waals surface area (Å²) in [5.74, 6) is -0.492. The van der Waals surface area contributed by atoms with Crippen LogP contribution in [0.5, 0.6) is 0 Å². The van der Waals surface area contributed by atoms with Gasteiger partial charge in [-0.3, -0.25) is 4.79 Å². The minimum atomic E-state index is -0.568. The van der Waals surface area contributed by atoms with Gasteiger partial charge in [0.1, 0.15) is 0 Å². The minimum absolute atomic E-state index is 0.118. The van der Waals surface area contributed by atoms with E-state index >= 15 is 0 Å². The van der Waals surface area contributed by atoms with Crippen LogP contribution in [-0.2, 0) is 11.3 Å². The monoisotopic (exact) mass is 418 g/mol. The zero-order chi connectivity index (χ0) is 18.8. The highest BCUT2D eigenvalue weighted by Crippen LogP contribution is 2.30. The summed E-state index contributed by atoms with van der Waals surface area (Å²) in [7, 11) is 0. The van der Waals surface area contributed by atoms with Crippen molar-refractivity contribution in [3.8, 4) is 10.8 Å². The fourth-order valence-corrected chi connectivity index (χ4v) is 4.62. The van der Waals surface area contributed by atoms with E-state index < -0.39 is 5.76 Å². The summed E-state index contributed by atoms with van der Waals surface area (Å²) < 4.78 is 8.32. The maximum Gasteiger partial charge on any atom is 0.437 e. The summed E-state index contributed by atoms with van der Waals surface area (Å²) in [5, 5.41) is 8.87. The van der Waals surface area contributed by atoms with E-state index in [1.165, 1.54) is 16.0 Å². The van der Waals surface area contributed by atoms with E-state index in [1.54, 1.807) is 23.1 Å². The summed E-state index contributed by atoms with van der Waals surface area (Å²) in [6, 6.07) is 9.29. The number of hydrogen-bond donors (Lipinski definition) is 1. The molecule has 0 aliphatic carbocycles. The van der Waals surface area contributed by atoms with Gasteiger partial charge in [-0.15, -0.1) is 27.8 Å². The molecule has 27 heavy (non-hydrogen) atoms. The Hall–Kier alpha value is -2.43. The molecule has 0 atom stereocenters. The van der Waals surface area contributed by atoms with Crippen LogP contribution < -0.4 is 11.1 Å². The van der Waals surface area contributed by atoms with Gasteiger partial charge in [0.2, 0.25) is 5.91 Å². The number of carbonyl (C=O) groups excluding carboxylic acids is 1. The lowest BCUT2D eigenvalue weighted by molar-refractivity contribution is -0.116. The molecule has 1 amide bonds. The molecular formula is C17H14N4O3S3. The predicted octanol–water partition coefficient (Wildman–Crippen LogP) is 3.93. The maximum atomic E-state index is 12.2. The predicted molar refractivity (Wildman–Crippen MR) is 109 cm³/mol. The largest absolute Gasteiger partial charge is 0.437 e. The van der Waals surface area contributed by atoms with E-state index in [0.717, 1.165) is 19.4 Å². The number of thiophene rings is 1. The number of aryl methyl sites for hydroxylation is 1.